The average molecular weight is 485 g/mol. The van der Waals surface area contributed by atoms with Gasteiger partial charge in [-0.15, -0.1) is 0 Å². The highest BCUT2D eigenvalue weighted by Crippen LogP contribution is 2.20. The molecule has 0 spiro atoms. The fourth-order valence-electron chi connectivity index (χ4n) is 3.81. The van der Waals surface area contributed by atoms with Gasteiger partial charge in [0, 0.05) is 38.3 Å². The molecule has 0 radical (unpaired) electrons. The van der Waals surface area contributed by atoms with Crippen molar-refractivity contribution in [2.75, 3.05) is 31.9 Å². The molecule has 0 saturated carbocycles. The van der Waals surface area contributed by atoms with Crippen LogP contribution in [0.4, 0.5) is 0 Å². The lowest BCUT2D eigenvalue weighted by molar-refractivity contribution is -0.129. The van der Waals surface area contributed by atoms with Crippen LogP contribution in [0.25, 0.3) is 0 Å². The van der Waals surface area contributed by atoms with Crippen LogP contribution in [-0.2, 0) is 27.0 Å². The van der Waals surface area contributed by atoms with Crippen LogP contribution in [0, 0.1) is 6.92 Å². The van der Waals surface area contributed by atoms with Crippen LogP contribution in [0.2, 0.25) is 0 Å². The van der Waals surface area contributed by atoms with Crippen LogP contribution in [0.15, 0.2) is 65.8 Å². The summed E-state index contributed by atoms with van der Waals surface area (Å²) in [6, 6.07) is 19.3. The number of amides is 1. The molecule has 0 atom stereocenters. The number of nitrogens with zero attached hydrogens (tertiary/aromatic N) is 3. The Morgan fingerprint density at radius 2 is 1.58 bits per heavy atom. The number of rotatable bonds is 8. The van der Waals surface area contributed by atoms with Crippen molar-refractivity contribution in [2.24, 2.45) is 0 Å². The van der Waals surface area contributed by atoms with Crippen LogP contribution >= 0.6 is 11.8 Å². The molecule has 1 amide bonds. The third-order valence-electron chi connectivity index (χ3n) is 5.69. The standard InChI is InChI=1S/C24H28N4O3S2/c1-19-22(16-20-8-4-2-5-9-20)26-24(25-19)32-17-23(29)27-12-14-28(15-13-27)33(30,31)18-21-10-6-3-7-11-21/h2-11H,12-18H2,1H3,(H,25,26). The first kappa shape index (κ1) is 23.5. The minimum absolute atomic E-state index is 0.00114. The second-order valence-electron chi connectivity index (χ2n) is 8.09. The number of hydrogen-bond donors (Lipinski definition) is 1. The molecule has 1 aromatic heterocycles. The van der Waals surface area contributed by atoms with Gasteiger partial charge in [0.1, 0.15) is 0 Å². The maximum Gasteiger partial charge on any atom is 0.233 e. The zero-order valence-corrected chi connectivity index (χ0v) is 20.2. The summed E-state index contributed by atoms with van der Waals surface area (Å²) >= 11 is 1.39. The van der Waals surface area contributed by atoms with Crippen molar-refractivity contribution >= 4 is 27.7 Å². The number of carbonyl (C=O) groups is 1. The molecule has 1 aliphatic rings. The van der Waals surface area contributed by atoms with Gasteiger partial charge in [-0.3, -0.25) is 4.79 Å². The summed E-state index contributed by atoms with van der Waals surface area (Å²) in [6.07, 6.45) is 0.747. The van der Waals surface area contributed by atoms with Gasteiger partial charge in [-0.05, 0) is 18.1 Å². The number of piperazine rings is 1. The second kappa shape index (κ2) is 10.5. The number of sulfonamides is 1. The van der Waals surface area contributed by atoms with E-state index in [1.165, 1.54) is 21.6 Å². The number of benzene rings is 2. The summed E-state index contributed by atoms with van der Waals surface area (Å²) in [6.45, 7) is 3.46. The van der Waals surface area contributed by atoms with Gasteiger partial charge in [0.05, 0.1) is 17.2 Å². The number of aryl methyl sites for hydroxylation is 1. The van der Waals surface area contributed by atoms with Gasteiger partial charge >= 0.3 is 0 Å². The summed E-state index contributed by atoms with van der Waals surface area (Å²) in [7, 11) is -3.39. The topological polar surface area (TPSA) is 86.4 Å². The highest BCUT2D eigenvalue weighted by Gasteiger charge is 2.29. The van der Waals surface area contributed by atoms with E-state index in [0.717, 1.165) is 28.5 Å². The van der Waals surface area contributed by atoms with Gasteiger partial charge in [-0.1, -0.05) is 72.4 Å². The van der Waals surface area contributed by atoms with Gasteiger partial charge in [0.2, 0.25) is 15.9 Å². The molecule has 1 saturated heterocycles. The van der Waals surface area contributed by atoms with Gasteiger partial charge in [-0.25, -0.2) is 13.4 Å². The van der Waals surface area contributed by atoms with E-state index < -0.39 is 10.0 Å². The van der Waals surface area contributed by atoms with Gasteiger partial charge in [0.25, 0.3) is 0 Å². The molecule has 0 unspecified atom stereocenters. The van der Waals surface area contributed by atoms with E-state index in [-0.39, 0.29) is 17.4 Å². The molecular formula is C24H28N4O3S2. The Kier molecular flexibility index (Phi) is 7.52. The summed E-state index contributed by atoms with van der Waals surface area (Å²) in [4.78, 5) is 22.4. The lowest BCUT2D eigenvalue weighted by Gasteiger charge is -2.34. The molecule has 1 N–H and O–H groups in total. The Labute approximate surface area is 199 Å². The Bertz CT molecular complexity index is 1170. The van der Waals surface area contributed by atoms with Gasteiger partial charge in [0.15, 0.2) is 5.16 Å². The number of imidazole rings is 1. The lowest BCUT2D eigenvalue weighted by atomic mass is 10.1. The number of hydrogen-bond acceptors (Lipinski definition) is 5. The fraction of sp³-hybridized carbons (Fsp3) is 0.333. The third-order valence-corrected chi connectivity index (χ3v) is 8.40. The second-order valence-corrected chi connectivity index (χ2v) is 11.0. The van der Waals surface area contributed by atoms with E-state index in [2.05, 4.69) is 22.1 Å². The summed E-state index contributed by atoms with van der Waals surface area (Å²) in [5.41, 5.74) is 3.95. The smallest absolute Gasteiger partial charge is 0.233 e. The molecule has 33 heavy (non-hydrogen) atoms. The monoisotopic (exact) mass is 484 g/mol. The first-order valence-corrected chi connectivity index (χ1v) is 13.5. The van der Waals surface area contributed by atoms with E-state index in [1.54, 1.807) is 4.90 Å². The summed E-state index contributed by atoms with van der Waals surface area (Å²) in [5.74, 6) is 0.258. The van der Waals surface area contributed by atoms with Crippen molar-refractivity contribution < 1.29 is 13.2 Å². The zero-order valence-electron chi connectivity index (χ0n) is 18.6. The van der Waals surface area contributed by atoms with Crippen LogP contribution < -0.4 is 0 Å². The lowest BCUT2D eigenvalue weighted by Crippen LogP contribution is -2.51. The summed E-state index contributed by atoms with van der Waals surface area (Å²) in [5, 5.41) is 0.732. The Morgan fingerprint density at radius 3 is 2.21 bits per heavy atom. The highest BCUT2D eigenvalue weighted by molar-refractivity contribution is 7.99. The molecule has 2 heterocycles. The quantitative estimate of drug-likeness (QED) is 0.497. The van der Waals surface area contributed by atoms with Crippen molar-refractivity contribution in [2.45, 2.75) is 24.3 Å². The molecule has 4 rings (SSSR count). The number of carbonyl (C=O) groups excluding carboxylic acids is 1. The van der Waals surface area contributed by atoms with Crippen LogP contribution in [0.3, 0.4) is 0 Å². The molecule has 0 bridgehead atoms. The van der Waals surface area contributed by atoms with Crippen molar-refractivity contribution in [1.29, 1.82) is 0 Å². The molecule has 174 valence electrons. The van der Waals surface area contributed by atoms with Crippen molar-refractivity contribution in [3.8, 4) is 0 Å². The minimum Gasteiger partial charge on any atom is -0.339 e. The average Bonchev–Trinajstić information content (AvgIpc) is 3.17. The van der Waals surface area contributed by atoms with Crippen molar-refractivity contribution in [3.63, 3.8) is 0 Å². The van der Waals surface area contributed by atoms with Crippen LogP contribution in [0.1, 0.15) is 22.5 Å². The predicted molar refractivity (Wildman–Crippen MR) is 131 cm³/mol. The molecule has 0 aliphatic carbocycles. The molecule has 9 heteroatoms. The molecular weight excluding hydrogens is 456 g/mol. The summed E-state index contributed by atoms with van der Waals surface area (Å²) < 4.78 is 26.9. The van der Waals surface area contributed by atoms with Crippen molar-refractivity contribution in [3.05, 3.63) is 83.2 Å². The number of aromatic nitrogens is 2. The number of thioether (sulfide) groups is 1. The zero-order chi connectivity index (χ0) is 23.3. The Balaban J connectivity index is 1.26. The highest BCUT2D eigenvalue weighted by atomic mass is 32.2. The maximum atomic E-state index is 12.7. The van der Waals surface area contributed by atoms with Crippen LogP contribution in [-0.4, -0.2) is 65.4 Å². The largest absolute Gasteiger partial charge is 0.339 e. The predicted octanol–water partition coefficient (Wildman–Crippen LogP) is 3.08. The molecule has 1 fully saturated rings. The van der Waals surface area contributed by atoms with E-state index in [4.69, 9.17) is 0 Å². The SMILES string of the molecule is Cc1[nH]c(SCC(=O)N2CCN(S(=O)(=O)Cc3ccccc3)CC2)nc1Cc1ccccc1. The van der Waals surface area contributed by atoms with E-state index in [0.29, 0.717) is 26.2 Å². The number of nitrogens with one attached hydrogen (secondary N) is 1. The third kappa shape index (κ3) is 6.25. The van der Waals surface area contributed by atoms with Crippen molar-refractivity contribution in [1.82, 2.24) is 19.2 Å². The van der Waals surface area contributed by atoms with Gasteiger partial charge in [-0.2, -0.15) is 4.31 Å². The van der Waals surface area contributed by atoms with Gasteiger partial charge < -0.3 is 9.88 Å². The van der Waals surface area contributed by atoms with E-state index >= 15 is 0 Å². The molecule has 3 aromatic rings. The molecule has 7 nitrogen and oxygen atoms in total. The first-order chi connectivity index (χ1) is 15.9. The van der Waals surface area contributed by atoms with Crippen LogP contribution in [0.5, 0.6) is 0 Å². The van der Waals surface area contributed by atoms with E-state index in [9.17, 15) is 13.2 Å². The maximum absolute atomic E-state index is 12.7. The number of H-pyrrole nitrogens is 1. The normalized spacial score (nSPS) is 15.0. The Hall–Kier alpha value is -2.62. The number of aromatic amines is 1. The first-order valence-electron chi connectivity index (χ1n) is 10.9. The Morgan fingerprint density at radius 1 is 0.970 bits per heavy atom. The molecule has 2 aromatic carbocycles. The fourth-order valence-corrected chi connectivity index (χ4v) is 6.17. The molecule has 1 aliphatic heterocycles. The van der Waals surface area contributed by atoms with E-state index in [1.807, 2.05) is 55.5 Å². The minimum atomic E-state index is -3.39.